The van der Waals surface area contributed by atoms with Crippen molar-refractivity contribution >= 4 is 23.0 Å². The third kappa shape index (κ3) is 2.58. The van der Waals surface area contributed by atoms with E-state index >= 15 is 0 Å². The van der Waals surface area contributed by atoms with Crippen molar-refractivity contribution in [1.82, 2.24) is 0 Å². The standard InChI is InChI=1S/C8H10ClN3O2/c9-6-1-2-7(11-4-3-10)8(5-6)12(13)14/h1-2,5,11H,3-4,10H2. The minimum atomic E-state index is -0.481. The van der Waals surface area contributed by atoms with E-state index in [0.717, 1.165) is 0 Å². The largest absolute Gasteiger partial charge is 0.378 e. The number of nitrogens with zero attached hydrogens (tertiary/aromatic N) is 1. The molecule has 0 bridgehead atoms. The lowest BCUT2D eigenvalue weighted by Crippen LogP contribution is -2.13. The van der Waals surface area contributed by atoms with Gasteiger partial charge >= 0.3 is 0 Å². The first kappa shape index (κ1) is 10.7. The second-order valence-electron chi connectivity index (χ2n) is 2.63. The molecule has 1 rings (SSSR count). The monoisotopic (exact) mass is 215 g/mol. The molecule has 14 heavy (non-hydrogen) atoms. The van der Waals surface area contributed by atoms with Crippen LogP contribution in [0.4, 0.5) is 11.4 Å². The van der Waals surface area contributed by atoms with Gasteiger partial charge in [-0.15, -0.1) is 0 Å². The summed E-state index contributed by atoms with van der Waals surface area (Å²) in [6, 6.07) is 4.46. The molecule has 6 heteroatoms. The molecule has 0 saturated carbocycles. The van der Waals surface area contributed by atoms with E-state index in [1.807, 2.05) is 0 Å². The van der Waals surface area contributed by atoms with Crippen molar-refractivity contribution in [3.8, 4) is 0 Å². The number of hydrogen-bond donors (Lipinski definition) is 2. The second kappa shape index (κ2) is 4.78. The van der Waals surface area contributed by atoms with Crippen LogP contribution < -0.4 is 11.1 Å². The molecule has 0 saturated heterocycles. The lowest BCUT2D eigenvalue weighted by atomic mass is 10.2. The van der Waals surface area contributed by atoms with Gasteiger partial charge in [0.15, 0.2) is 0 Å². The lowest BCUT2D eigenvalue weighted by Gasteiger charge is -2.05. The summed E-state index contributed by atoms with van der Waals surface area (Å²) < 4.78 is 0. The van der Waals surface area contributed by atoms with Crippen LogP contribution in [0, 0.1) is 10.1 Å². The average molecular weight is 216 g/mol. The predicted octanol–water partition coefficient (Wildman–Crippen LogP) is 1.62. The number of anilines is 1. The van der Waals surface area contributed by atoms with Gasteiger partial charge in [-0.2, -0.15) is 0 Å². The van der Waals surface area contributed by atoms with Crippen LogP contribution in [0.2, 0.25) is 5.02 Å². The molecule has 0 fully saturated rings. The van der Waals surface area contributed by atoms with Crippen LogP contribution in [0.15, 0.2) is 18.2 Å². The Balaban J connectivity index is 2.96. The van der Waals surface area contributed by atoms with E-state index in [2.05, 4.69) is 5.32 Å². The Morgan fingerprint density at radius 1 is 1.57 bits per heavy atom. The van der Waals surface area contributed by atoms with Crippen molar-refractivity contribution in [1.29, 1.82) is 0 Å². The van der Waals surface area contributed by atoms with Crippen LogP contribution in [0.1, 0.15) is 0 Å². The molecular formula is C8H10ClN3O2. The molecule has 0 atom stereocenters. The van der Waals surface area contributed by atoms with E-state index in [-0.39, 0.29) is 5.69 Å². The average Bonchev–Trinajstić information content (AvgIpc) is 2.15. The highest BCUT2D eigenvalue weighted by Gasteiger charge is 2.13. The molecular weight excluding hydrogens is 206 g/mol. The molecule has 0 unspecified atom stereocenters. The molecule has 0 radical (unpaired) electrons. The molecule has 0 spiro atoms. The van der Waals surface area contributed by atoms with Crippen LogP contribution in [0.25, 0.3) is 0 Å². The summed E-state index contributed by atoms with van der Waals surface area (Å²) in [7, 11) is 0. The topological polar surface area (TPSA) is 81.2 Å². The molecule has 0 aliphatic heterocycles. The summed E-state index contributed by atoms with van der Waals surface area (Å²) in [6.07, 6.45) is 0. The zero-order chi connectivity index (χ0) is 10.6. The Bertz CT molecular complexity index is 343. The van der Waals surface area contributed by atoms with Crippen molar-refractivity contribution in [2.45, 2.75) is 0 Å². The zero-order valence-electron chi connectivity index (χ0n) is 7.37. The fourth-order valence-corrected chi connectivity index (χ4v) is 1.18. The van der Waals surface area contributed by atoms with Gasteiger partial charge < -0.3 is 11.1 Å². The summed E-state index contributed by atoms with van der Waals surface area (Å²) >= 11 is 5.64. The van der Waals surface area contributed by atoms with Crippen LogP contribution >= 0.6 is 11.6 Å². The van der Waals surface area contributed by atoms with Gasteiger partial charge in [0.2, 0.25) is 0 Å². The molecule has 3 N–H and O–H groups in total. The molecule has 0 aliphatic carbocycles. The lowest BCUT2D eigenvalue weighted by molar-refractivity contribution is -0.383. The van der Waals surface area contributed by atoms with Crippen LogP contribution in [0.5, 0.6) is 0 Å². The normalized spacial score (nSPS) is 9.86. The SMILES string of the molecule is NCCNc1ccc(Cl)cc1[N+](=O)[O-]. The molecule has 76 valence electrons. The highest BCUT2D eigenvalue weighted by atomic mass is 35.5. The molecule has 1 aromatic rings. The fourth-order valence-electron chi connectivity index (χ4n) is 1.01. The van der Waals surface area contributed by atoms with E-state index in [9.17, 15) is 10.1 Å². The molecule has 0 amide bonds. The number of nitro benzene ring substituents is 1. The van der Waals surface area contributed by atoms with Crippen LogP contribution in [-0.4, -0.2) is 18.0 Å². The first-order valence-corrected chi connectivity index (χ1v) is 4.41. The van der Waals surface area contributed by atoms with Crippen LogP contribution in [0.3, 0.4) is 0 Å². The van der Waals surface area contributed by atoms with E-state index in [1.54, 1.807) is 12.1 Å². The van der Waals surface area contributed by atoms with Crippen molar-refractivity contribution < 1.29 is 4.92 Å². The van der Waals surface area contributed by atoms with Crippen molar-refractivity contribution in [2.75, 3.05) is 18.4 Å². The van der Waals surface area contributed by atoms with E-state index in [4.69, 9.17) is 17.3 Å². The molecule has 0 aromatic heterocycles. The highest BCUT2D eigenvalue weighted by molar-refractivity contribution is 6.30. The quantitative estimate of drug-likeness (QED) is 0.591. The number of nitrogens with two attached hydrogens (primary N) is 1. The van der Waals surface area contributed by atoms with Gasteiger partial charge in [0.25, 0.3) is 5.69 Å². The first-order chi connectivity index (χ1) is 6.65. The predicted molar refractivity (Wildman–Crippen MR) is 55.7 cm³/mol. The highest BCUT2D eigenvalue weighted by Crippen LogP contribution is 2.27. The second-order valence-corrected chi connectivity index (χ2v) is 3.07. The van der Waals surface area contributed by atoms with Gasteiger partial charge in [0.1, 0.15) is 5.69 Å². The number of benzene rings is 1. The van der Waals surface area contributed by atoms with Gasteiger partial charge in [0.05, 0.1) is 4.92 Å². The summed E-state index contributed by atoms with van der Waals surface area (Å²) in [5.41, 5.74) is 5.67. The molecule has 0 heterocycles. The van der Waals surface area contributed by atoms with Gasteiger partial charge in [-0.1, -0.05) is 11.6 Å². The molecule has 1 aromatic carbocycles. The molecule has 0 aliphatic rings. The summed E-state index contributed by atoms with van der Waals surface area (Å²) in [5, 5.41) is 13.8. The number of rotatable bonds is 4. The van der Waals surface area contributed by atoms with Crippen molar-refractivity contribution in [3.05, 3.63) is 33.3 Å². The summed E-state index contributed by atoms with van der Waals surface area (Å²) in [4.78, 5) is 10.1. The van der Waals surface area contributed by atoms with Gasteiger partial charge in [0, 0.05) is 24.2 Å². The fraction of sp³-hybridized carbons (Fsp3) is 0.250. The summed E-state index contributed by atoms with van der Waals surface area (Å²) in [5.74, 6) is 0. The van der Waals surface area contributed by atoms with Gasteiger partial charge in [-0.25, -0.2) is 0 Å². The Morgan fingerprint density at radius 2 is 2.29 bits per heavy atom. The Labute approximate surface area is 86.0 Å². The zero-order valence-corrected chi connectivity index (χ0v) is 8.12. The third-order valence-electron chi connectivity index (χ3n) is 1.62. The molecule has 5 nitrogen and oxygen atoms in total. The number of nitro groups is 1. The maximum atomic E-state index is 10.6. The number of hydrogen-bond acceptors (Lipinski definition) is 4. The van der Waals surface area contributed by atoms with Crippen LogP contribution in [-0.2, 0) is 0 Å². The first-order valence-electron chi connectivity index (χ1n) is 4.03. The van der Waals surface area contributed by atoms with E-state index in [1.165, 1.54) is 6.07 Å². The van der Waals surface area contributed by atoms with Crippen molar-refractivity contribution in [3.63, 3.8) is 0 Å². The Kier molecular flexibility index (Phi) is 3.67. The number of nitrogens with one attached hydrogen (secondary N) is 1. The Hall–Kier alpha value is -1.33. The van der Waals surface area contributed by atoms with Gasteiger partial charge in [-0.05, 0) is 12.1 Å². The van der Waals surface area contributed by atoms with Gasteiger partial charge in [-0.3, -0.25) is 10.1 Å². The third-order valence-corrected chi connectivity index (χ3v) is 1.85. The van der Waals surface area contributed by atoms with E-state index in [0.29, 0.717) is 23.8 Å². The minimum Gasteiger partial charge on any atom is -0.378 e. The minimum absolute atomic E-state index is 0.0362. The Morgan fingerprint density at radius 3 is 2.86 bits per heavy atom. The maximum absolute atomic E-state index is 10.6. The van der Waals surface area contributed by atoms with Crippen molar-refractivity contribution in [2.24, 2.45) is 5.73 Å². The number of halogens is 1. The smallest absolute Gasteiger partial charge is 0.293 e. The summed E-state index contributed by atoms with van der Waals surface area (Å²) in [6.45, 7) is 0.905. The van der Waals surface area contributed by atoms with E-state index < -0.39 is 4.92 Å². The maximum Gasteiger partial charge on any atom is 0.293 e.